The van der Waals surface area contributed by atoms with Crippen molar-refractivity contribution < 1.29 is 14.3 Å². The second kappa shape index (κ2) is 6.32. The lowest BCUT2D eigenvalue weighted by molar-refractivity contribution is -0.117. The van der Waals surface area contributed by atoms with Crippen LogP contribution >= 0.6 is 11.6 Å². The van der Waals surface area contributed by atoms with Crippen molar-refractivity contribution >= 4 is 23.2 Å². The summed E-state index contributed by atoms with van der Waals surface area (Å²) in [5, 5.41) is 12.0. The van der Waals surface area contributed by atoms with Gasteiger partial charge in [0.05, 0.1) is 18.8 Å². The van der Waals surface area contributed by atoms with Gasteiger partial charge >= 0.3 is 0 Å². The Morgan fingerprint density at radius 1 is 1.58 bits per heavy atom. The fraction of sp³-hybridized carbons (Fsp3) is 0.462. The molecule has 4 nitrogen and oxygen atoms in total. The molecule has 0 aromatic heterocycles. The zero-order valence-electron chi connectivity index (χ0n) is 10.4. The predicted molar refractivity (Wildman–Crippen MR) is 71.7 cm³/mol. The highest BCUT2D eigenvalue weighted by atomic mass is 35.5. The molecule has 0 spiro atoms. The zero-order chi connectivity index (χ0) is 13.8. The molecule has 1 aromatic rings. The van der Waals surface area contributed by atoms with Crippen LogP contribution in [-0.4, -0.2) is 41.7 Å². The quantitative estimate of drug-likeness (QED) is 0.888. The Hall–Kier alpha value is -1.17. The van der Waals surface area contributed by atoms with Gasteiger partial charge in [0.15, 0.2) is 0 Å². The number of hydrogen-bond donors (Lipinski definition) is 2. The number of likely N-dealkylation sites (tertiary alicyclic amines) is 1. The van der Waals surface area contributed by atoms with Crippen LogP contribution in [0, 0.1) is 5.82 Å². The number of carbonyl (C=O) groups is 1. The van der Waals surface area contributed by atoms with E-state index in [1.807, 2.05) is 4.90 Å². The largest absolute Gasteiger partial charge is 0.395 e. The number of nitrogens with one attached hydrogen (secondary N) is 1. The minimum absolute atomic E-state index is 0.0285. The first-order chi connectivity index (χ1) is 9.10. The van der Waals surface area contributed by atoms with E-state index in [9.17, 15) is 9.18 Å². The number of aliphatic hydroxyl groups is 1. The lowest BCUT2D eigenvalue weighted by atomic mass is 10.2. The van der Waals surface area contributed by atoms with Crippen molar-refractivity contribution in [3.05, 3.63) is 29.0 Å². The normalized spacial score (nSPS) is 19.6. The third kappa shape index (κ3) is 3.65. The summed E-state index contributed by atoms with van der Waals surface area (Å²) in [6.07, 6.45) is 1.85. The zero-order valence-corrected chi connectivity index (χ0v) is 11.2. The average Bonchev–Trinajstić information content (AvgIpc) is 2.80. The maximum absolute atomic E-state index is 13.5. The molecule has 6 heteroatoms. The molecule has 0 bridgehead atoms. The lowest BCUT2D eigenvalue weighted by Gasteiger charge is -2.21. The molecule has 0 radical (unpaired) electrons. The highest BCUT2D eigenvalue weighted by Crippen LogP contribution is 2.20. The second-order valence-electron chi connectivity index (χ2n) is 4.62. The SMILES string of the molecule is O=C(CN1CCC[C@H]1CO)Nc1ccc(Cl)cc1F. The summed E-state index contributed by atoms with van der Waals surface area (Å²) >= 11 is 5.64. The number of aliphatic hydroxyl groups excluding tert-OH is 1. The van der Waals surface area contributed by atoms with E-state index in [4.69, 9.17) is 16.7 Å². The fourth-order valence-electron chi connectivity index (χ4n) is 2.28. The van der Waals surface area contributed by atoms with Crippen molar-refractivity contribution in [2.24, 2.45) is 0 Å². The molecule has 1 heterocycles. The van der Waals surface area contributed by atoms with E-state index in [0.29, 0.717) is 0 Å². The molecule has 19 heavy (non-hydrogen) atoms. The fourth-order valence-corrected chi connectivity index (χ4v) is 2.43. The van der Waals surface area contributed by atoms with E-state index in [1.165, 1.54) is 12.1 Å². The number of amides is 1. The highest BCUT2D eigenvalue weighted by Gasteiger charge is 2.25. The van der Waals surface area contributed by atoms with E-state index >= 15 is 0 Å². The number of nitrogens with zero attached hydrogens (tertiary/aromatic N) is 1. The molecule has 1 fully saturated rings. The summed E-state index contributed by atoms with van der Waals surface area (Å²) in [6, 6.07) is 4.14. The van der Waals surface area contributed by atoms with E-state index in [-0.39, 0.29) is 35.8 Å². The molecule has 0 saturated carbocycles. The highest BCUT2D eigenvalue weighted by molar-refractivity contribution is 6.30. The van der Waals surface area contributed by atoms with Gasteiger partial charge in [-0.3, -0.25) is 9.69 Å². The summed E-state index contributed by atoms with van der Waals surface area (Å²) in [4.78, 5) is 13.7. The van der Waals surface area contributed by atoms with Crippen molar-refractivity contribution in [2.45, 2.75) is 18.9 Å². The van der Waals surface area contributed by atoms with Crippen molar-refractivity contribution in [1.29, 1.82) is 0 Å². The first-order valence-electron chi connectivity index (χ1n) is 6.20. The van der Waals surface area contributed by atoms with E-state index in [0.717, 1.165) is 25.5 Å². The second-order valence-corrected chi connectivity index (χ2v) is 5.06. The molecule has 104 valence electrons. The van der Waals surface area contributed by atoms with Gasteiger partial charge in [-0.1, -0.05) is 11.6 Å². The third-order valence-electron chi connectivity index (χ3n) is 3.26. The number of carbonyl (C=O) groups excluding carboxylic acids is 1. The first-order valence-corrected chi connectivity index (χ1v) is 6.58. The molecule has 0 unspecified atom stereocenters. The molecule has 2 N–H and O–H groups in total. The van der Waals surface area contributed by atoms with Gasteiger partial charge in [-0.15, -0.1) is 0 Å². The van der Waals surface area contributed by atoms with Crippen LogP contribution in [0.1, 0.15) is 12.8 Å². The minimum atomic E-state index is -0.555. The Bertz CT molecular complexity index is 470. The van der Waals surface area contributed by atoms with Gasteiger partial charge < -0.3 is 10.4 Å². The standard InChI is InChI=1S/C13H16ClFN2O2/c14-9-3-4-12(11(15)6-9)16-13(19)7-17-5-1-2-10(17)8-18/h3-4,6,10,18H,1-2,5,7-8H2,(H,16,19)/t10-/m0/s1. The van der Waals surface area contributed by atoms with Crippen molar-refractivity contribution in [1.82, 2.24) is 4.90 Å². The molecule has 1 aliphatic rings. The summed E-state index contributed by atoms with van der Waals surface area (Å²) in [6.45, 7) is 0.984. The van der Waals surface area contributed by atoms with Crippen LogP contribution in [0.4, 0.5) is 10.1 Å². The van der Waals surface area contributed by atoms with Crippen LogP contribution in [0.5, 0.6) is 0 Å². The van der Waals surface area contributed by atoms with E-state index < -0.39 is 5.82 Å². The van der Waals surface area contributed by atoms with Gasteiger partial charge in [0.1, 0.15) is 5.82 Å². The first kappa shape index (κ1) is 14.2. The van der Waals surface area contributed by atoms with Crippen LogP contribution in [0.2, 0.25) is 5.02 Å². The Balaban J connectivity index is 1.94. The molecular formula is C13H16ClFN2O2. The number of hydrogen-bond acceptors (Lipinski definition) is 3. The van der Waals surface area contributed by atoms with Gasteiger partial charge in [0, 0.05) is 11.1 Å². The summed E-state index contributed by atoms with van der Waals surface area (Å²) in [5.74, 6) is -0.845. The van der Waals surface area contributed by atoms with Crippen LogP contribution in [0.15, 0.2) is 18.2 Å². The summed E-state index contributed by atoms with van der Waals surface area (Å²) < 4.78 is 13.5. The number of anilines is 1. The summed E-state index contributed by atoms with van der Waals surface area (Å²) in [5.41, 5.74) is 0.120. The molecule has 1 saturated heterocycles. The topological polar surface area (TPSA) is 52.6 Å². The maximum atomic E-state index is 13.5. The smallest absolute Gasteiger partial charge is 0.238 e. The Morgan fingerprint density at radius 2 is 2.37 bits per heavy atom. The average molecular weight is 287 g/mol. The van der Waals surface area contributed by atoms with Crippen LogP contribution in [0.25, 0.3) is 0 Å². The van der Waals surface area contributed by atoms with Gasteiger partial charge in [-0.2, -0.15) is 0 Å². The van der Waals surface area contributed by atoms with Crippen molar-refractivity contribution in [3.8, 4) is 0 Å². The molecule has 1 aliphatic heterocycles. The number of benzene rings is 1. The predicted octanol–water partition coefficient (Wildman–Crippen LogP) is 1.87. The summed E-state index contributed by atoms with van der Waals surface area (Å²) in [7, 11) is 0. The van der Waals surface area contributed by atoms with Crippen LogP contribution < -0.4 is 5.32 Å². The van der Waals surface area contributed by atoms with Gasteiger partial charge in [-0.25, -0.2) is 4.39 Å². The Morgan fingerprint density at radius 3 is 3.05 bits per heavy atom. The Kier molecular flexibility index (Phi) is 4.74. The van der Waals surface area contributed by atoms with E-state index in [2.05, 4.69) is 5.32 Å². The molecule has 1 aromatic carbocycles. The molecule has 1 amide bonds. The molecular weight excluding hydrogens is 271 g/mol. The van der Waals surface area contributed by atoms with Crippen molar-refractivity contribution in [2.75, 3.05) is 25.0 Å². The maximum Gasteiger partial charge on any atom is 0.238 e. The number of halogens is 2. The Labute approximate surface area is 116 Å². The molecule has 1 atom stereocenters. The number of rotatable bonds is 4. The van der Waals surface area contributed by atoms with Gasteiger partial charge in [-0.05, 0) is 37.6 Å². The van der Waals surface area contributed by atoms with Crippen LogP contribution in [0.3, 0.4) is 0 Å². The third-order valence-corrected chi connectivity index (χ3v) is 3.50. The lowest BCUT2D eigenvalue weighted by Crippen LogP contribution is -2.38. The molecule has 0 aliphatic carbocycles. The van der Waals surface area contributed by atoms with Gasteiger partial charge in [0.2, 0.25) is 5.91 Å². The monoisotopic (exact) mass is 286 g/mol. The minimum Gasteiger partial charge on any atom is -0.395 e. The van der Waals surface area contributed by atoms with Crippen LogP contribution in [-0.2, 0) is 4.79 Å². The van der Waals surface area contributed by atoms with E-state index in [1.54, 1.807) is 0 Å². The molecule has 2 rings (SSSR count). The van der Waals surface area contributed by atoms with Crippen molar-refractivity contribution in [3.63, 3.8) is 0 Å². The van der Waals surface area contributed by atoms with Gasteiger partial charge in [0.25, 0.3) is 0 Å².